The molecule has 9 nitrogen and oxygen atoms in total. The summed E-state index contributed by atoms with van der Waals surface area (Å²) in [5, 5.41) is 13.2. The van der Waals surface area contributed by atoms with E-state index in [4.69, 9.17) is 18.4 Å². The lowest BCUT2D eigenvalue weighted by molar-refractivity contribution is 0.0824. The summed E-state index contributed by atoms with van der Waals surface area (Å²) in [6, 6.07) is 9.91. The Morgan fingerprint density at radius 1 is 1.18 bits per heavy atom. The van der Waals surface area contributed by atoms with Crippen molar-refractivity contribution in [3.8, 4) is 11.5 Å². The van der Waals surface area contributed by atoms with Gasteiger partial charge in [-0.15, -0.1) is 0 Å². The molecule has 33 heavy (non-hydrogen) atoms. The van der Waals surface area contributed by atoms with Crippen molar-refractivity contribution in [1.29, 1.82) is 0 Å². The van der Waals surface area contributed by atoms with Crippen molar-refractivity contribution < 1.29 is 41.1 Å². The Hall–Kier alpha value is -2.89. The third kappa shape index (κ3) is 8.52. The fraction of sp³-hybridized carbons (Fsp3) is 0.409. The van der Waals surface area contributed by atoms with Gasteiger partial charge in [0, 0.05) is 0 Å². The van der Waals surface area contributed by atoms with Gasteiger partial charge >= 0.3 is 6.09 Å². The number of nitrogens with one attached hydrogen (secondary N) is 1. The van der Waals surface area contributed by atoms with Crippen LogP contribution in [0.2, 0.25) is 0 Å². The molecule has 0 saturated heterocycles. The quantitative estimate of drug-likeness (QED) is 0.466. The summed E-state index contributed by atoms with van der Waals surface area (Å²) < 4.78 is 58.0. The largest absolute Gasteiger partial charge is 0.493 e. The topological polar surface area (TPSA) is 120 Å². The highest BCUT2D eigenvalue weighted by molar-refractivity contribution is 7.85. The minimum atomic E-state index is -3.89. The number of halogens is 1. The first kappa shape index (κ1) is 26.4. The molecule has 2 rings (SSSR count). The van der Waals surface area contributed by atoms with E-state index < -0.39 is 40.8 Å². The number of carbonyl (C=O) groups excluding carboxylic acids is 1. The lowest BCUT2D eigenvalue weighted by atomic mass is 10.0. The third-order valence-corrected chi connectivity index (χ3v) is 4.87. The predicted molar refractivity (Wildman–Crippen MR) is 118 cm³/mol. The van der Waals surface area contributed by atoms with Crippen LogP contribution >= 0.6 is 0 Å². The smallest absolute Gasteiger partial charge is 0.407 e. The molecule has 0 heterocycles. The Morgan fingerprint density at radius 3 is 2.42 bits per heavy atom. The molecular weight excluding hydrogens is 457 g/mol. The van der Waals surface area contributed by atoms with Crippen LogP contribution in [0.15, 0.2) is 42.5 Å². The number of aliphatic hydroxyl groups is 1. The molecule has 0 unspecified atom stereocenters. The molecule has 2 atom stereocenters. The maximum atomic E-state index is 14.7. The van der Waals surface area contributed by atoms with Gasteiger partial charge in [-0.05, 0) is 37.1 Å². The van der Waals surface area contributed by atoms with E-state index in [1.54, 1.807) is 38.1 Å². The van der Waals surface area contributed by atoms with E-state index in [0.29, 0.717) is 0 Å². The maximum Gasteiger partial charge on any atom is 0.407 e. The van der Waals surface area contributed by atoms with Crippen LogP contribution in [0.4, 0.5) is 9.18 Å². The molecule has 0 saturated carbocycles. The molecule has 1 amide bonds. The van der Waals surface area contributed by atoms with Crippen LogP contribution in [0.5, 0.6) is 11.5 Å². The van der Waals surface area contributed by atoms with Gasteiger partial charge in [0.2, 0.25) is 0 Å². The normalized spacial score (nSPS) is 13.3. The van der Waals surface area contributed by atoms with Gasteiger partial charge in [-0.1, -0.05) is 30.3 Å². The van der Waals surface area contributed by atoms with Crippen molar-refractivity contribution in [2.45, 2.75) is 38.7 Å². The van der Waals surface area contributed by atoms with E-state index in [9.17, 15) is 22.7 Å². The molecule has 182 valence electrons. The van der Waals surface area contributed by atoms with Gasteiger partial charge in [0.05, 0.1) is 32.1 Å². The van der Waals surface area contributed by atoms with Crippen LogP contribution in [0.25, 0.3) is 0 Å². The number of benzene rings is 2. The Labute approximate surface area is 192 Å². The molecule has 2 aromatic carbocycles. The zero-order chi connectivity index (χ0) is 24.6. The lowest BCUT2D eigenvalue weighted by Crippen LogP contribution is -2.43. The molecule has 11 heteroatoms. The second-order valence-corrected chi connectivity index (χ2v) is 9.09. The highest BCUT2D eigenvalue weighted by Crippen LogP contribution is 2.35. The molecule has 2 N–H and O–H groups in total. The Balaban J connectivity index is 2.22. The minimum absolute atomic E-state index is 0.00548. The van der Waals surface area contributed by atoms with Crippen molar-refractivity contribution in [1.82, 2.24) is 5.32 Å². The summed E-state index contributed by atoms with van der Waals surface area (Å²) in [4.78, 5) is 12.3. The van der Waals surface area contributed by atoms with Gasteiger partial charge in [-0.3, -0.25) is 4.18 Å². The molecule has 0 radical (unpaired) electrons. The fourth-order valence-electron chi connectivity index (χ4n) is 2.82. The Morgan fingerprint density at radius 2 is 1.85 bits per heavy atom. The number of methoxy groups -OCH3 is 1. The summed E-state index contributed by atoms with van der Waals surface area (Å²) >= 11 is 0. The maximum absolute atomic E-state index is 14.7. The Kier molecular flexibility index (Phi) is 9.44. The number of alkyl carbamates (subject to hydrolysis) is 1. The molecule has 0 aromatic heterocycles. The number of rotatable bonds is 11. The van der Waals surface area contributed by atoms with Gasteiger partial charge < -0.3 is 24.6 Å². The van der Waals surface area contributed by atoms with Gasteiger partial charge in [-0.2, -0.15) is 8.42 Å². The Bertz CT molecular complexity index is 1030. The highest BCUT2D eigenvalue weighted by Gasteiger charge is 2.28. The van der Waals surface area contributed by atoms with Crippen LogP contribution in [0, 0.1) is 5.82 Å². The number of hydrogen-bond donors (Lipinski definition) is 2. The summed E-state index contributed by atoms with van der Waals surface area (Å²) in [5.41, 5.74) is 0.732. The van der Waals surface area contributed by atoms with Gasteiger partial charge in [-0.25, -0.2) is 9.18 Å². The third-order valence-electron chi connectivity index (χ3n) is 4.31. The van der Waals surface area contributed by atoms with E-state index >= 15 is 0 Å². The first-order valence-electron chi connectivity index (χ1n) is 10.0. The van der Waals surface area contributed by atoms with E-state index in [1.807, 2.05) is 6.07 Å². The first-order valence-corrected chi connectivity index (χ1v) is 11.9. The van der Waals surface area contributed by atoms with Crippen LogP contribution in [0.3, 0.4) is 0 Å². The molecule has 0 aliphatic heterocycles. The highest BCUT2D eigenvalue weighted by atomic mass is 32.2. The summed E-state index contributed by atoms with van der Waals surface area (Å²) in [5.74, 6) is -0.915. The standard InChI is InChI=1S/C22H28FNO8S/c1-14(2)32-21-17(23)10-16(11-19(21)29-3)20(25)18(13-31-33(4,27)28)24-22(26)30-12-15-8-6-5-7-9-15/h5-11,14,18,20,25H,12-13H2,1-4H3,(H,24,26)/t18-,20-/m1/s1. The van der Waals surface area contributed by atoms with Crippen molar-refractivity contribution >= 4 is 16.2 Å². The zero-order valence-electron chi connectivity index (χ0n) is 18.8. The number of ether oxygens (including phenoxy) is 3. The monoisotopic (exact) mass is 485 g/mol. The van der Waals surface area contributed by atoms with Crippen molar-refractivity contribution in [3.05, 3.63) is 59.4 Å². The average Bonchev–Trinajstić information content (AvgIpc) is 2.75. The van der Waals surface area contributed by atoms with Crippen LogP contribution in [-0.2, 0) is 25.6 Å². The molecule has 0 aliphatic carbocycles. The number of hydrogen-bond acceptors (Lipinski definition) is 8. The second-order valence-electron chi connectivity index (χ2n) is 7.45. The van der Waals surface area contributed by atoms with Gasteiger partial charge in [0.25, 0.3) is 10.1 Å². The average molecular weight is 486 g/mol. The summed E-state index contributed by atoms with van der Waals surface area (Å²) in [7, 11) is -2.58. The van der Waals surface area contributed by atoms with Crippen LogP contribution < -0.4 is 14.8 Å². The molecule has 0 bridgehead atoms. The van der Waals surface area contributed by atoms with E-state index in [1.165, 1.54) is 13.2 Å². The zero-order valence-corrected chi connectivity index (χ0v) is 19.6. The molecule has 0 spiro atoms. The summed E-state index contributed by atoms with van der Waals surface area (Å²) in [6.07, 6.45) is -1.99. The predicted octanol–water partition coefficient (Wildman–Crippen LogP) is 2.93. The molecule has 2 aromatic rings. The van der Waals surface area contributed by atoms with E-state index in [-0.39, 0.29) is 29.8 Å². The molecule has 0 fully saturated rings. The first-order chi connectivity index (χ1) is 15.5. The minimum Gasteiger partial charge on any atom is -0.493 e. The van der Waals surface area contributed by atoms with Crippen molar-refractivity contribution in [3.63, 3.8) is 0 Å². The van der Waals surface area contributed by atoms with Crippen LogP contribution in [-0.4, -0.2) is 51.7 Å². The SMILES string of the molecule is COc1cc([C@@H](O)[C@@H](COS(C)(=O)=O)NC(=O)OCc2ccccc2)cc(F)c1OC(C)C. The van der Waals surface area contributed by atoms with Crippen molar-refractivity contribution in [2.24, 2.45) is 0 Å². The second kappa shape index (κ2) is 11.8. The van der Waals surface area contributed by atoms with Crippen LogP contribution in [0.1, 0.15) is 31.1 Å². The molecular formula is C22H28FNO8S. The lowest BCUT2D eigenvalue weighted by Gasteiger charge is -2.25. The number of aliphatic hydroxyl groups excluding tert-OH is 1. The molecule has 0 aliphatic rings. The van der Waals surface area contributed by atoms with Gasteiger partial charge in [0.15, 0.2) is 17.3 Å². The number of amides is 1. The number of carbonyl (C=O) groups is 1. The fourth-order valence-corrected chi connectivity index (χ4v) is 3.21. The van der Waals surface area contributed by atoms with Gasteiger partial charge in [0.1, 0.15) is 12.7 Å². The van der Waals surface area contributed by atoms with E-state index in [0.717, 1.165) is 17.9 Å². The summed E-state index contributed by atoms with van der Waals surface area (Å²) in [6.45, 7) is 2.76. The van der Waals surface area contributed by atoms with Crippen molar-refractivity contribution in [2.75, 3.05) is 20.0 Å². The van der Waals surface area contributed by atoms with E-state index in [2.05, 4.69) is 5.32 Å².